The Kier molecular flexibility index (Phi) is 9.97. The summed E-state index contributed by atoms with van der Waals surface area (Å²) >= 11 is 12.2. The van der Waals surface area contributed by atoms with E-state index in [2.05, 4.69) is 5.32 Å². The maximum Gasteiger partial charge on any atom is 0.304 e. The Morgan fingerprint density at radius 3 is 2.26 bits per heavy atom. The van der Waals surface area contributed by atoms with Crippen molar-refractivity contribution in [2.75, 3.05) is 31.5 Å². The van der Waals surface area contributed by atoms with E-state index in [4.69, 9.17) is 23.2 Å². The smallest absolute Gasteiger partial charge is 0.304 e. The molecule has 0 heterocycles. The summed E-state index contributed by atoms with van der Waals surface area (Å²) in [5.41, 5.74) is 2.59. The molecule has 2 aromatic carbocycles. The van der Waals surface area contributed by atoms with Crippen LogP contribution in [0.3, 0.4) is 0 Å². The SMILES string of the molecule is CCNC(=O)[C@H](C)N(Cc1ccc(Cl)c(Cl)c1)C(=O)CN(c1cc(C)ccc1C)S(=O)(=O)N(C)C. The van der Waals surface area contributed by atoms with Crippen LogP contribution in [0.15, 0.2) is 36.4 Å². The Balaban J connectivity index is 2.52. The molecule has 0 bridgehead atoms. The molecule has 0 aliphatic carbocycles. The van der Waals surface area contributed by atoms with Gasteiger partial charge in [0.1, 0.15) is 12.6 Å². The van der Waals surface area contributed by atoms with Crippen molar-refractivity contribution in [2.24, 2.45) is 0 Å². The monoisotopic (exact) mass is 542 g/mol. The average molecular weight is 544 g/mol. The van der Waals surface area contributed by atoms with Gasteiger partial charge in [0.15, 0.2) is 0 Å². The van der Waals surface area contributed by atoms with Crippen molar-refractivity contribution in [3.63, 3.8) is 0 Å². The van der Waals surface area contributed by atoms with Crippen molar-refractivity contribution in [3.05, 3.63) is 63.1 Å². The number of hydrogen-bond acceptors (Lipinski definition) is 4. The van der Waals surface area contributed by atoms with Gasteiger partial charge in [-0.3, -0.25) is 9.59 Å². The fourth-order valence-corrected chi connectivity index (χ4v) is 4.86. The first kappa shape index (κ1) is 28.9. The van der Waals surface area contributed by atoms with Crippen LogP contribution in [0.2, 0.25) is 10.0 Å². The second kappa shape index (κ2) is 12.1. The van der Waals surface area contributed by atoms with Gasteiger partial charge in [-0.05, 0) is 62.6 Å². The average Bonchev–Trinajstić information content (AvgIpc) is 2.79. The Bertz CT molecular complexity index is 1190. The molecule has 0 aliphatic rings. The van der Waals surface area contributed by atoms with Crippen LogP contribution in [0, 0.1) is 13.8 Å². The highest BCUT2D eigenvalue weighted by Gasteiger charge is 2.33. The molecular formula is C24H32Cl2N4O4S. The summed E-state index contributed by atoms with van der Waals surface area (Å²) in [5, 5.41) is 3.40. The van der Waals surface area contributed by atoms with Gasteiger partial charge in [-0.1, -0.05) is 41.4 Å². The standard InChI is InChI=1S/C24H32Cl2N4O4S/c1-7-27-24(32)18(4)29(14-19-10-11-20(25)21(26)13-19)23(31)15-30(35(33,34)28(5)6)22-12-16(2)8-9-17(22)3/h8-13,18H,7,14-15H2,1-6H3,(H,27,32)/t18-/m0/s1. The molecule has 0 unspecified atom stereocenters. The lowest BCUT2D eigenvalue weighted by atomic mass is 10.1. The van der Waals surface area contributed by atoms with Gasteiger partial charge in [0, 0.05) is 27.2 Å². The van der Waals surface area contributed by atoms with Crippen molar-refractivity contribution < 1.29 is 18.0 Å². The zero-order chi connectivity index (χ0) is 26.5. The maximum atomic E-state index is 13.7. The highest BCUT2D eigenvalue weighted by atomic mass is 35.5. The molecule has 35 heavy (non-hydrogen) atoms. The number of aryl methyl sites for hydroxylation is 2. The summed E-state index contributed by atoms with van der Waals surface area (Å²) < 4.78 is 28.7. The van der Waals surface area contributed by atoms with Crippen molar-refractivity contribution >= 4 is 50.9 Å². The Labute approximate surface area is 218 Å². The minimum atomic E-state index is -4.02. The van der Waals surface area contributed by atoms with Crippen molar-refractivity contribution in [1.82, 2.24) is 14.5 Å². The first-order chi connectivity index (χ1) is 16.3. The third kappa shape index (κ3) is 7.10. The maximum absolute atomic E-state index is 13.7. The largest absolute Gasteiger partial charge is 0.355 e. The number of amides is 2. The molecule has 11 heteroatoms. The predicted molar refractivity (Wildman–Crippen MR) is 141 cm³/mol. The van der Waals surface area contributed by atoms with E-state index in [0.29, 0.717) is 33.4 Å². The van der Waals surface area contributed by atoms with E-state index >= 15 is 0 Å². The summed E-state index contributed by atoms with van der Waals surface area (Å²) in [7, 11) is -1.21. The second-order valence-corrected chi connectivity index (χ2v) is 11.3. The van der Waals surface area contributed by atoms with E-state index < -0.39 is 28.7 Å². The van der Waals surface area contributed by atoms with Crippen LogP contribution < -0.4 is 9.62 Å². The van der Waals surface area contributed by atoms with Crippen molar-refractivity contribution in [3.8, 4) is 0 Å². The molecule has 0 radical (unpaired) electrons. The molecule has 0 saturated carbocycles. The van der Waals surface area contributed by atoms with Gasteiger partial charge in [0.2, 0.25) is 11.8 Å². The molecule has 2 rings (SSSR count). The molecule has 0 aliphatic heterocycles. The first-order valence-corrected chi connectivity index (χ1v) is 13.2. The molecule has 1 atom stereocenters. The molecule has 0 spiro atoms. The minimum absolute atomic E-state index is 0.0384. The quantitative estimate of drug-likeness (QED) is 0.494. The minimum Gasteiger partial charge on any atom is -0.355 e. The third-order valence-corrected chi connectivity index (χ3v) is 8.05. The van der Waals surface area contributed by atoms with E-state index in [1.54, 1.807) is 51.1 Å². The zero-order valence-corrected chi connectivity index (χ0v) is 23.1. The number of likely N-dealkylation sites (N-methyl/N-ethyl adjacent to an activating group) is 1. The first-order valence-electron chi connectivity index (χ1n) is 11.1. The van der Waals surface area contributed by atoms with Crippen molar-refractivity contribution in [1.29, 1.82) is 0 Å². The number of nitrogens with one attached hydrogen (secondary N) is 1. The fraction of sp³-hybridized carbons (Fsp3) is 0.417. The molecule has 8 nitrogen and oxygen atoms in total. The normalized spacial score (nSPS) is 12.4. The highest BCUT2D eigenvalue weighted by molar-refractivity contribution is 7.90. The van der Waals surface area contributed by atoms with Crippen LogP contribution in [0.4, 0.5) is 5.69 Å². The van der Waals surface area contributed by atoms with Gasteiger partial charge >= 0.3 is 10.2 Å². The predicted octanol–water partition coefficient (Wildman–Crippen LogP) is 3.78. The van der Waals surface area contributed by atoms with Gasteiger partial charge in [-0.15, -0.1) is 0 Å². The van der Waals surface area contributed by atoms with Crippen LogP contribution in [0.25, 0.3) is 0 Å². The Morgan fingerprint density at radius 2 is 1.69 bits per heavy atom. The van der Waals surface area contributed by atoms with Gasteiger partial charge in [-0.2, -0.15) is 12.7 Å². The summed E-state index contributed by atoms with van der Waals surface area (Å²) in [4.78, 5) is 27.7. The number of carbonyl (C=O) groups excluding carboxylic acids is 2. The number of anilines is 1. The van der Waals surface area contributed by atoms with Crippen LogP contribution >= 0.6 is 23.2 Å². The summed E-state index contributed by atoms with van der Waals surface area (Å²) in [5.74, 6) is -0.893. The lowest BCUT2D eigenvalue weighted by Gasteiger charge is -2.33. The number of nitrogens with zero attached hydrogens (tertiary/aromatic N) is 3. The lowest BCUT2D eigenvalue weighted by Crippen LogP contribution is -2.52. The van der Waals surface area contributed by atoms with Crippen LogP contribution in [-0.4, -0.2) is 62.7 Å². The highest BCUT2D eigenvalue weighted by Crippen LogP contribution is 2.27. The van der Waals surface area contributed by atoms with Gasteiger partial charge < -0.3 is 10.2 Å². The van der Waals surface area contributed by atoms with Gasteiger partial charge in [0.05, 0.1) is 15.7 Å². The number of hydrogen-bond donors (Lipinski definition) is 1. The summed E-state index contributed by atoms with van der Waals surface area (Å²) in [6, 6.07) is 9.47. The topological polar surface area (TPSA) is 90.0 Å². The van der Waals surface area contributed by atoms with E-state index in [1.165, 1.54) is 19.0 Å². The lowest BCUT2D eigenvalue weighted by molar-refractivity contribution is -0.139. The van der Waals surface area contributed by atoms with E-state index in [-0.39, 0.29) is 12.5 Å². The van der Waals surface area contributed by atoms with Crippen LogP contribution in [0.1, 0.15) is 30.5 Å². The van der Waals surface area contributed by atoms with E-state index in [1.807, 2.05) is 13.0 Å². The second-order valence-electron chi connectivity index (χ2n) is 8.43. The van der Waals surface area contributed by atoms with Gasteiger partial charge in [-0.25, -0.2) is 4.31 Å². The number of rotatable bonds is 10. The van der Waals surface area contributed by atoms with Crippen molar-refractivity contribution in [2.45, 2.75) is 40.3 Å². The molecule has 1 N–H and O–H groups in total. The number of benzene rings is 2. The van der Waals surface area contributed by atoms with E-state index in [9.17, 15) is 18.0 Å². The third-order valence-electron chi connectivity index (χ3n) is 5.51. The molecule has 2 aromatic rings. The molecular weight excluding hydrogens is 511 g/mol. The summed E-state index contributed by atoms with van der Waals surface area (Å²) in [6.07, 6.45) is 0. The molecule has 192 valence electrons. The fourth-order valence-electron chi connectivity index (χ4n) is 3.43. The number of carbonyl (C=O) groups is 2. The molecule has 0 fully saturated rings. The molecule has 2 amide bonds. The Morgan fingerprint density at radius 1 is 1.03 bits per heavy atom. The zero-order valence-electron chi connectivity index (χ0n) is 20.8. The van der Waals surface area contributed by atoms with Crippen LogP contribution in [-0.2, 0) is 26.3 Å². The van der Waals surface area contributed by atoms with E-state index in [0.717, 1.165) is 14.2 Å². The van der Waals surface area contributed by atoms with Crippen LogP contribution in [0.5, 0.6) is 0 Å². The molecule has 0 saturated heterocycles. The summed E-state index contributed by atoms with van der Waals surface area (Å²) in [6.45, 7) is 6.94. The molecule has 0 aromatic heterocycles. The van der Waals surface area contributed by atoms with Gasteiger partial charge in [0.25, 0.3) is 0 Å². The Hall–Kier alpha value is -2.33. The number of halogens is 2.